The molecule has 1 rings (SSSR count). The second-order valence-corrected chi connectivity index (χ2v) is 5.18. The smallest absolute Gasteiger partial charge is 0.231 e. The first-order chi connectivity index (χ1) is 7.00. The van der Waals surface area contributed by atoms with E-state index in [4.69, 9.17) is 5.73 Å². The van der Waals surface area contributed by atoms with E-state index in [1.54, 1.807) is 0 Å². The van der Waals surface area contributed by atoms with Crippen LogP contribution in [0.4, 0.5) is 0 Å². The molecule has 0 aromatic rings. The summed E-state index contributed by atoms with van der Waals surface area (Å²) in [6, 6.07) is 0. The number of hydrogen-bond acceptors (Lipinski definition) is 2. The van der Waals surface area contributed by atoms with Crippen molar-refractivity contribution in [2.75, 3.05) is 19.6 Å². The summed E-state index contributed by atoms with van der Waals surface area (Å²) in [4.78, 5) is 12.9. The van der Waals surface area contributed by atoms with Crippen molar-refractivity contribution in [3.63, 3.8) is 0 Å². The maximum Gasteiger partial charge on any atom is 0.231 e. The van der Waals surface area contributed by atoms with E-state index in [1.807, 2.05) is 0 Å². The molecule has 0 aromatic heterocycles. The Morgan fingerprint density at radius 1 is 1.33 bits per heavy atom. The van der Waals surface area contributed by atoms with Gasteiger partial charge in [-0.3, -0.25) is 9.69 Å². The predicted octanol–water partition coefficient (Wildman–Crippen LogP) is 1.48. The maximum atomic E-state index is 10.8. The molecule has 0 bridgehead atoms. The minimum absolute atomic E-state index is 0.203. The lowest BCUT2D eigenvalue weighted by Gasteiger charge is -2.35. The summed E-state index contributed by atoms with van der Waals surface area (Å²) in [6.45, 7) is 9.43. The van der Waals surface area contributed by atoms with Gasteiger partial charge in [0, 0.05) is 0 Å². The molecule has 1 atom stereocenters. The minimum atomic E-state index is -0.203. The van der Waals surface area contributed by atoms with Crippen LogP contribution in [0.15, 0.2) is 0 Å². The van der Waals surface area contributed by atoms with E-state index in [9.17, 15) is 4.79 Å². The second kappa shape index (κ2) is 5.50. The number of likely N-dealkylation sites (tertiary alicyclic amines) is 1. The van der Waals surface area contributed by atoms with E-state index < -0.39 is 0 Å². The third kappa shape index (κ3) is 3.82. The van der Waals surface area contributed by atoms with Crippen LogP contribution in [0, 0.1) is 17.8 Å². The van der Waals surface area contributed by atoms with Crippen LogP contribution < -0.4 is 5.73 Å². The van der Waals surface area contributed by atoms with Crippen molar-refractivity contribution in [2.45, 2.75) is 33.6 Å². The van der Waals surface area contributed by atoms with Crippen LogP contribution in [0.5, 0.6) is 0 Å². The van der Waals surface area contributed by atoms with E-state index in [1.165, 1.54) is 12.8 Å². The van der Waals surface area contributed by atoms with Crippen LogP contribution in [0.1, 0.15) is 33.6 Å². The van der Waals surface area contributed by atoms with Crippen LogP contribution in [-0.2, 0) is 4.79 Å². The molecule has 1 fully saturated rings. The summed E-state index contributed by atoms with van der Waals surface area (Å²) >= 11 is 0. The first kappa shape index (κ1) is 12.5. The zero-order valence-electron chi connectivity index (χ0n) is 10.2. The molecular formula is C12H24N2O. The van der Waals surface area contributed by atoms with E-state index in [0.717, 1.165) is 30.8 Å². The molecule has 1 aliphatic rings. The normalized spacial score (nSPS) is 21.9. The van der Waals surface area contributed by atoms with Crippen LogP contribution in [0.25, 0.3) is 0 Å². The topological polar surface area (TPSA) is 46.3 Å². The van der Waals surface area contributed by atoms with Gasteiger partial charge in [0.15, 0.2) is 0 Å². The Hall–Kier alpha value is -0.570. The van der Waals surface area contributed by atoms with Gasteiger partial charge in [-0.1, -0.05) is 20.8 Å². The summed E-state index contributed by atoms with van der Waals surface area (Å²) in [5, 5.41) is 0. The average Bonchev–Trinajstić information content (AvgIpc) is 2.17. The molecule has 3 nitrogen and oxygen atoms in total. The Labute approximate surface area is 93.0 Å². The molecule has 1 heterocycles. The van der Waals surface area contributed by atoms with Gasteiger partial charge in [-0.05, 0) is 43.7 Å². The second-order valence-electron chi connectivity index (χ2n) is 5.18. The van der Waals surface area contributed by atoms with Gasteiger partial charge in [-0.25, -0.2) is 0 Å². The van der Waals surface area contributed by atoms with E-state index in [2.05, 4.69) is 25.7 Å². The highest BCUT2D eigenvalue weighted by Crippen LogP contribution is 2.29. The molecule has 1 amide bonds. The van der Waals surface area contributed by atoms with Crippen LogP contribution >= 0.6 is 0 Å². The van der Waals surface area contributed by atoms with Crippen molar-refractivity contribution >= 4 is 5.91 Å². The monoisotopic (exact) mass is 212 g/mol. The minimum Gasteiger partial charge on any atom is -0.369 e. The lowest BCUT2D eigenvalue weighted by Crippen LogP contribution is -2.41. The SMILES string of the molecule is CC(C)C(C)C1CCN(CC(N)=O)CC1. The van der Waals surface area contributed by atoms with Crippen LogP contribution in [0.3, 0.4) is 0 Å². The van der Waals surface area contributed by atoms with Crippen molar-refractivity contribution in [1.29, 1.82) is 0 Å². The van der Waals surface area contributed by atoms with Gasteiger partial charge in [0.1, 0.15) is 0 Å². The van der Waals surface area contributed by atoms with Crippen molar-refractivity contribution in [3.05, 3.63) is 0 Å². The maximum absolute atomic E-state index is 10.8. The number of amides is 1. The van der Waals surface area contributed by atoms with Gasteiger partial charge < -0.3 is 5.73 Å². The molecule has 1 aliphatic heterocycles. The number of hydrogen-bond donors (Lipinski definition) is 1. The molecule has 0 saturated carbocycles. The van der Waals surface area contributed by atoms with Gasteiger partial charge in [-0.2, -0.15) is 0 Å². The quantitative estimate of drug-likeness (QED) is 0.767. The van der Waals surface area contributed by atoms with Gasteiger partial charge >= 0.3 is 0 Å². The van der Waals surface area contributed by atoms with Crippen molar-refractivity contribution in [2.24, 2.45) is 23.5 Å². The third-order valence-electron chi connectivity index (χ3n) is 3.81. The Bertz CT molecular complexity index is 208. The summed E-state index contributed by atoms with van der Waals surface area (Å²) in [7, 11) is 0. The fourth-order valence-corrected chi connectivity index (χ4v) is 2.40. The lowest BCUT2D eigenvalue weighted by molar-refractivity contribution is -0.119. The number of carbonyl (C=O) groups is 1. The molecular weight excluding hydrogens is 188 g/mol. The van der Waals surface area contributed by atoms with Gasteiger partial charge in [0.05, 0.1) is 6.54 Å². The van der Waals surface area contributed by atoms with E-state index in [0.29, 0.717) is 6.54 Å². The van der Waals surface area contributed by atoms with Crippen molar-refractivity contribution in [3.8, 4) is 0 Å². The Kier molecular flexibility index (Phi) is 4.58. The highest BCUT2D eigenvalue weighted by Gasteiger charge is 2.25. The Balaban J connectivity index is 2.32. The number of nitrogens with zero attached hydrogens (tertiary/aromatic N) is 1. The van der Waals surface area contributed by atoms with E-state index >= 15 is 0 Å². The standard InChI is InChI=1S/C12H24N2O/c1-9(2)10(3)11-4-6-14(7-5-11)8-12(13)15/h9-11H,4-8H2,1-3H3,(H2,13,15). The van der Waals surface area contributed by atoms with Crippen LogP contribution in [0.2, 0.25) is 0 Å². The number of carbonyl (C=O) groups excluding carboxylic acids is 1. The number of piperidine rings is 1. The molecule has 3 heteroatoms. The largest absolute Gasteiger partial charge is 0.369 e. The fourth-order valence-electron chi connectivity index (χ4n) is 2.40. The van der Waals surface area contributed by atoms with E-state index in [-0.39, 0.29) is 5.91 Å². The summed E-state index contributed by atoms with van der Waals surface area (Å²) < 4.78 is 0. The number of primary amides is 1. The van der Waals surface area contributed by atoms with Crippen molar-refractivity contribution in [1.82, 2.24) is 4.90 Å². The molecule has 1 unspecified atom stereocenters. The summed E-state index contributed by atoms with van der Waals surface area (Å²) in [5.74, 6) is 2.18. The molecule has 1 saturated heterocycles. The summed E-state index contributed by atoms with van der Waals surface area (Å²) in [5.41, 5.74) is 5.19. The van der Waals surface area contributed by atoms with Crippen molar-refractivity contribution < 1.29 is 4.79 Å². The van der Waals surface area contributed by atoms with Crippen LogP contribution in [-0.4, -0.2) is 30.4 Å². The molecule has 0 spiro atoms. The highest BCUT2D eigenvalue weighted by atomic mass is 16.1. The fraction of sp³-hybridized carbons (Fsp3) is 0.917. The predicted molar refractivity (Wildman–Crippen MR) is 62.4 cm³/mol. The highest BCUT2D eigenvalue weighted by molar-refractivity contribution is 5.75. The molecule has 0 aliphatic carbocycles. The molecule has 88 valence electrons. The zero-order chi connectivity index (χ0) is 11.4. The Morgan fingerprint density at radius 3 is 2.27 bits per heavy atom. The number of rotatable bonds is 4. The Morgan fingerprint density at radius 2 is 1.87 bits per heavy atom. The van der Waals surface area contributed by atoms with Gasteiger partial charge in [0.25, 0.3) is 0 Å². The first-order valence-electron chi connectivity index (χ1n) is 6.01. The average molecular weight is 212 g/mol. The van der Waals surface area contributed by atoms with Gasteiger partial charge in [-0.15, -0.1) is 0 Å². The summed E-state index contributed by atoms with van der Waals surface area (Å²) in [6.07, 6.45) is 2.43. The third-order valence-corrected chi connectivity index (χ3v) is 3.81. The lowest BCUT2D eigenvalue weighted by atomic mass is 9.79. The first-order valence-corrected chi connectivity index (χ1v) is 6.01. The molecule has 0 aromatic carbocycles. The number of nitrogens with two attached hydrogens (primary N) is 1. The zero-order valence-corrected chi connectivity index (χ0v) is 10.2. The van der Waals surface area contributed by atoms with Gasteiger partial charge in [0.2, 0.25) is 5.91 Å². The molecule has 2 N–H and O–H groups in total. The molecule has 15 heavy (non-hydrogen) atoms. The molecule has 0 radical (unpaired) electrons.